The highest BCUT2D eigenvalue weighted by atomic mass is 32.2. The Morgan fingerprint density at radius 2 is 2.12 bits per heavy atom. The highest BCUT2D eigenvalue weighted by Crippen LogP contribution is 2.16. The minimum absolute atomic E-state index is 0.254. The third-order valence-electron chi connectivity index (χ3n) is 3.20. The number of sulfone groups is 1. The van der Waals surface area contributed by atoms with Crippen molar-refractivity contribution in [2.45, 2.75) is 32.2 Å². The van der Waals surface area contributed by atoms with Crippen LogP contribution in [0.15, 0.2) is 0 Å². The lowest BCUT2D eigenvalue weighted by molar-refractivity contribution is 0.256. The summed E-state index contributed by atoms with van der Waals surface area (Å²) in [5.41, 5.74) is 0. The first-order valence-corrected chi connectivity index (χ1v) is 7.98. The first-order chi connectivity index (χ1) is 7.55. The summed E-state index contributed by atoms with van der Waals surface area (Å²) in [7, 11) is -0.693. The molecule has 0 radical (unpaired) electrons. The average Bonchev–Trinajstić information content (AvgIpc) is 2.58. The van der Waals surface area contributed by atoms with Crippen molar-refractivity contribution in [1.29, 1.82) is 0 Å². The van der Waals surface area contributed by atoms with E-state index < -0.39 is 9.84 Å². The fraction of sp³-hybridized carbons (Fsp3) is 1.00. The number of nitrogens with one attached hydrogen (secondary N) is 1. The van der Waals surface area contributed by atoms with Crippen molar-refractivity contribution in [3.8, 4) is 0 Å². The van der Waals surface area contributed by atoms with E-state index in [0.29, 0.717) is 11.5 Å². The van der Waals surface area contributed by atoms with E-state index in [4.69, 9.17) is 0 Å². The van der Waals surface area contributed by atoms with E-state index in [-0.39, 0.29) is 6.04 Å². The van der Waals surface area contributed by atoms with Gasteiger partial charge in [0.05, 0.1) is 11.5 Å². The second kappa shape index (κ2) is 6.57. The summed E-state index contributed by atoms with van der Waals surface area (Å²) in [6, 6.07) is 0.254. The average molecular weight is 248 g/mol. The highest BCUT2D eigenvalue weighted by molar-refractivity contribution is 7.91. The van der Waals surface area contributed by atoms with Gasteiger partial charge < -0.3 is 10.2 Å². The molecule has 0 aromatic heterocycles. The molecule has 1 rings (SSSR count). The second-order valence-corrected chi connectivity index (χ2v) is 6.83. The number of rotatable bonds is 7. The summed E-state index contributed by atoms with van der Waals surface area (Å²) in [4.78, 5) is 2.20. The van der Waals surface area contributed by atoms with Crippen LogP contribution in [0.4, 0.5) is 0 Å². The van der Waals surface area contributed by atoms with E-state index in [0.717, 1.165) is 38.9 Å². The number of nitrogens with zero attached hydrogens (tertiary/aromatic N) is 1. The fourth-order valence-corrected chi connectivity index (χ4v) is 3.90. The van der Waals surface area contributed by atoms with E-state index in [1.54, 1.807) is 0 Å². The maximum absolute atomic E-state index is 11.3. The lowest BCUT2D eigenvalue weighted by Crippen LogP contribution is -2.33. The van der Waals surface area contributed by atoms with Crippen LogP contribution >= 0.6 is 0 Å². The van der Waals surface area contributed by atoms with Gasteiger partial charge in [-0.2, -0.15) is 0 Å². The lowest BCUT2D eigenvalue weighted by atomic mass is 10.2. The van der Waals surface area contributed by atoms with Crippen LogP contribution in [0.25, 0.3) is 0 Å². The summed E-state index contributed by atoms with van der Waals surface area (Å²) in [6.07, 6.45) is 3.11. The molecule has 0 amide bonds. The molecule has 1 aliphatic rings. The van der Waals surface area contributed by atoms with Gasteiger partial charge in [0.2, 0.25) is 0 Å². The minimum atomic E-state index is -2.73. The van der Waals surface area contributed by atoms with Gasteiger partial charge in [-0.1, -0.05) is 6.92 Å². The first kappa shape index (κ1) is 13.9. The van der Waals surface area contributed by atoms with Gasteiger partial charge in [0, 0.05) is 6.04 Å². The third kappa shape index (κ3) is 4.80. The van der Waals surface area contributed by atoms with Gasteiger partial charge in [-0.15, -0.1) is 0 Å². The smallest absolute Gasteiger partial charge is 0.151 e. The Hall–Kier alpha value is -0.130. The molecule has 1 fully saturated rings. The molecular weight excluding hydrogens is 224 g/mol. The van der Waals surface area contributed by atoms with Crippen LogP contribution in [-0.4, -0.2) is 57.5 Å². The van der Waals surface area contributed by atoms with Crippen LogP contribution in [0.1, 0.15) is 26.2 Å². The predicted molar refractivity (Wildman–Crippen MR) is 67.5 cm³/mol. The Balaban J connectivity index is 2.14. The van der Waals surface area contributed by atoms with Crippen molar-refractivity contribution in [2.75, 3.05) is 38.2 Å². The van der Waals surface area contributed by atoms with Gasteiger partial charge in [0.1, 0.15) is 0 Å². The number of unbranched alkanes of at least 4 members (excludes halogenated alkanes) is 1. The molecule has 1 N–H and O–H groups in total. The molecule has 5 heteroatoms. The van der Waals surface area contributed by atoms with Crippen molar-refractivity contribution < 1.29 is 8.42 Å². The SMILES string of the molecule is CCNCCCCN(C)C1CCS(=O)(=O)C1. The molecule has 0 aliphatic carbocycles. The highest BCUT2D eigenvalue weighted by Gasteiger charge is 2.30. The summed E-state index contributed by atoms with van der Waals surface area (Å²) in [5.74, 6) is 0.732. The summed E-state index contributed by atoms with van der Waals surface area (Å²) < 4.78 is 22.6. The van der Waals surface area contributed by atoms with Gasteiger partial charge in [-0.05, 0) is 45.9 Å². The minimum Gasteiger partial charge on any atom is -0.317 e. The van der Waals surface area contributed by atoms with Crippen LogP contribution in [0, 0.1) is 0 Å². The molecule has 1 aliphatic heterocycles. The Morgan fingerprint density at radius 1 is 1.38 bits per heavy atom. The number of hydrogen-bond donors (Lipinski definition) is 1. The molecular formula is C11H24N2O2S. The maximum Gasteiger partial charge on any atom is 0.151 e. The molecule has 0 aromatic rings. The Labute approximate surface area is 99.3 Å². The molecule has 4 nitrogen and oxygen atoms in total. The van der Waals surface area contributed by atoms with Crippen LogP contribution in [0.3, 0.4) is 0 Å². The van der Waals surface area contributed by atoms with Crippen molar-refractivity contribution in [3.63, 3.8) is 0 Å². The Bertz CT molecular complexity index is 290. The van der Waals surface area contributed by atoms with E-state index >= 15 is 0 Å². The zero-order valence-corrected chi connectivity index (χ0v) is 11.2. The molecule has 1 atom stereocenters. The molecule has 0 saturated carbocycles. The van der Waals surface area contributed by atoms with E-state index in [1.807, 2.05) is 7.05 Å². The molecule has 96 valence electrons. The number of hydrogen-bond acceptors (Lipinski definition) is 4. The van der Waals surface area contributed by atoms with Crippen molar-refractivity contribution >= 4 is 9.84 Å². The van der Waals surface area contributed by atoms with Crippen molar-refractivity contribution in [3.05, 3.63) is 0 Å². The van der Waals surface area contributed by atoms with Crippen molar-refractivity contribution in [2.24, 2.45) is 0 Å². The topological polar surface area (TPSA) is 49.4 Å². The fourth-order valence-electron chi connectivity index (χ4n) is 2.09. The first-order valence-electron chi connectivity index (χ1n) is 6.16. The van der Waals surface area contributed by atoms with E-state index in [9.17, 15) is 8.42 Å². The maximum atomic E-state index is 11.3. The monoisotopic (exact) mass is 248 g/mol. The Morgan fingerprint density at radius 3 is 2.69 bits per heavy atom. The summed E-state index contributed by atoms with van der Waals surface area (Å²) in [6.45, 7) is 5.20. The van der Waals surface area contributed by atoms with Crippen molar-refractivity contribution in [1.82, 2.24) is 10.2 Å². The van der Waals surface area contributed by atoms with Gasteiger partial charge in [0.15, 0.2) is 9.84 Å². The van der Waals surface area contributed by atoms with Gasteiger partial charge in [-0.3, -0.25) is 0 Å². The molecule has 16 heavy (non-hydrogen) atoms. The van der Waals surface area contributed by atoms with Crippen LogP contribution < -0.4 is 5.32 Å². The Kier molecular flexibility index (Phi) is 5.72. The molecule has 1 saturated heterocycles. The quantitative estimate of drug-likeness (QED) is 0.666. The molecule has 0 bridgehead atoms. The molecule has 1 unspecified atom stereocenters. The van der Waals surface area contributed by atoms with Crippen LogP contribution in [-0.2, 0) is 9.84 Å². The zero-order valence-electron chi connectivity index (χ0n) is 10.4. The molecule has 0 spiro atoms. The predicted octanol–water partition coefficient (Wildman–Crippen LogP) is 0.495. The van der Waals surface area contributed by atoms with Crippen LogP contribution in [0.5, 0.6) is 0 Å². The molecule has 0 aromatic carbocycles. The standard InChI is InChI=1S/C11H24N2O2S/c1-3-12-7-4-5-8-13(2)11-6-9-16(14,15)10-11/h11-12H,3-10H2,1-2H3. The lowest BCUT2D eigenvalue weighted by Gasteiger charge is -2.22. The van der Waals surface area contributed by atoms with Gasteiger partial charge >= 0.3 is 0 Å². The van der Waals surface area contributed by atoms with Gasteiger partial charge in [-0.25, -0.2) is 8.42 Å². The third-order valence-corrected chi connectivity index (χ3v) is 4.95. The van der Waals surface area contributed by atoms with E-state index in [2.05, 4.69) is 17.1 Å². The van der Waals surface area contributed by atoms with E-state index in [1.165, 1.54) is 0 Å². The van der Waals surface area contributed by atoms with Gasteiger partial charge in [0.25, 0.3) is 0 Å². The van der Waals surface area contributed by atoms with Crippen LogP contribution in [0.2, 0.25) is 0 Å². The largest absolute Gasteiger partial charge is 0.317 e. The summed E-state index contributed by atoms with van der Waals surface area (Å²) in [5, 5.41) is 3.29. The normalized spacial score (nSPS) is 24.1. The zero-order chi connectivity index (χ0) is 12.0. The summed E-state index contributed by atoms with van der Waals surface area (Å²) >= 11 is 0. The molecule has 1 heterocycles. The second-order valence-electron chi connectivity index (χ2n) is 4.60.